The Hall–Kier alpha value is -3.25. The number of anilines is 1. The Balaban J connectivity index is 1.95. The number of para-hydroxylation sites is 1. The van der Waals surface area contributed by atoms with E-state index in [0.29, 0.717) is 11.1 Å². The summed E-state index contributed by atoms with van der Waals surface area (Å²) in [7, 11) is -4.21. The second kappa shape index (κ2) is 7.54. The molecule has 30 heavy (non-hydrogen) atoms. The van der Waals surface area contributed by atoms with E-state index in [0.717, 1.165) is 9.87 Å². The molecule has 3 aromatic rings. The van der Waals surface area contributed by atoms with Gasteiger partial charge in [0.25, 0.3) is 10.0 Å². The van der Waals surface area contributed by atoms with Gasteiger partial charge in [0.05, 0.1) is 10.6 Å². The number of hydrogen-bond acceptors (Lipinski definition) is 3. The monoisotopic (exact) mass is 421 g/mol. The number of sulfonamides is 1. The lowest BCUT2D eigenvalue weighted by Gasteiger charge is -2.28. The lowest BCUT2D eigenvalue weighted by atomic mass is 9.90. The van der Waals surface area contributed by atoms with Gasteiger partial charge >= 0.3 is 0 Å². The van der Waals surface area contributed by atoms with Gasteiger partial charge in [0, 0.05) is 11.5 Å². The zero-order chi connectivity index (χ0) is 21.5. The Labute approximate surface area is 175 Å². The molecule has 0 spiro atoms. The molecule has 2 unspecified atom stereocenters. The number of ketones is 1. The number of carbonyl (C=O) groups excluding carboxylic acids is 1. The van der Waals surface area contributed by atoms with Crippen molar-refractivity contribution >= 4 is 21.5 Å². The van der Waals surface area contributed by atoms with E-state index in [9.17, 15) is 17.6 Å². The largest absolute Gasteiger partial charge is 0.292 e. The highest BCUT2D eigenvalue weighted by atomic mass is 32.2. The standard InChI is InChI=1S/C24H20FNO3S/c1-3-19-20-10-7-11-21(25)22(20)26(23(19)24(27)17-8-5-4-6-9-17)30(28,29)18-14-12-16(2)13-15-18/h3-15,19,23H,1H2,2H3. The van der Waals surface area contributed by atoms with Crippen molar-refractivity contribution < 1.29 is 17.6 Å². The molecule has 1 heterocycles. The van der Waals surface area contributed by atoms with Gasteiger partial charge in [-0.2, -0.15) is 0 Å². The molecule has 0 bridgehead atoms. The summed E-state index contributed by atoms with van der Waals surface area (Å²) in [5.74, 6) is -1.78. The van der Waals surface area contributed by atoms with Gasteiger partial charge in [0.15, 0.2) is 5.78 Å². The maximum absolute atomic E-state index is 14.9. The predicted molar refractivity (Wildman–Crippen MR) is 115 cm³/mol. The number of Topliss-reactive ketones (excluding diaryl/α,β-unsaturated/α-hetero) is 1. The summed E-state index contributed by atoms with van der Waals surface area (Å²) in [6.07, 6.45) is 1.51. The Morgan fingerprint density at radius 1 is 1.00 bits per heavy atom. The summed E-state index contributed by atoms with van der Waals surface area (Å²) in [4.78, 5) is 13.5. The van der Waals surface area contributed by atoms with E-state index < -0.39 is 33.6 Å². The number of hydrogen-bond donors (Lipinski definition) is 0. The van der Waals surface area contributed by atoms with Gasteiger partial charge in [0.2, 0.25) is 0 Å². The molecular weight excluding hydrogens is 401 g/mol. The van der Waals surface area contributed by atoms with Crippen molar-refractivity contribution in [2.45, 2.75) is 23.8 Å². The molecule has 6 heteroatoms. The normalized spacial score (nSPS) is 18.1. The van der Waals surface area contributed by atoms with Crippen LogP contribution in [0.25, 0.3) is 0 Å². The van der Waals surface area contributed by atoms with Gasteiger partial charge in [-0.1, -0.05) is 66.2 Å². The Kier molecular flexibility index (Phi) is 5.03. The summed E-state index contributed by atoms with van der Waals surface area (Å²) in [5, 5.41) is 0. The van der Waals surface area contributed by atoms with Gasteiger partial charge in [-0.05, 0) is 30.7 Å². The Morgan fingerprint density at radius 2 is 1.67 bits per heavy atom. The highest BCUT2D eigenvalue weighted by Gasteiger charge is 2.48. The zero-order valence-electron chi connectivity index (χ0n) is 16.3. The highest BCUT2D eigenvalue weighted by Crippen LogP contribution is 2.47. The Morgan fingerprint density at radius 3 is 2.30 bits per heavy atom. The number of fused-ring (bicyclic) bond motifs is 1. The van der Waals surface area contributed by atoms with E-state index in [1.54, 1.807) is 48.5 Å². The van der Waals surface area contributed by atoms with Gasteiger partial charge in [0.1, 0.15) is 11.9 Å². The minimum atomic E-state index is -4.21. The molecule has 0 aromatic heterocycles. The second-order valence-electron chi connectivity index (χ2n) is 7.23. The van der Waals surface area contributed by atoms with Crippen LogP contribution in [0.4, 0.5) is 10.1 Å². The molecular formula is C24H20FNO3S. The minimum Gasteiger partial charge on any atom is -0.292 e. The third-order valence-electron chi connectivity index (χ3n) is 5.35. The first kappa shape index (κ1) is 20.0. The first-order valence-corrected chi connectivity index (χ1v) is 10.9. The van der Waals surface area contributed by atoms with Crippen LogP contribution in [0.5, 0.6) is 0 Å². The molecule has 1 aliphatic rings. The molecule has 0 N–H and O–H groups in total. The fourth-order valence-electron chi connectivity index (χ4n) is 3.88. The van der Waals surface area contributed by atoms with Gasteiger partial charge in [-0.15, -0.1) is 6.58 Å². The van der Waals surface area contributed by atoms with Crippen LogP contribution in [0.1, 0.15) is 27.4 Å². The van der Waals surface area contributed by atoms with E-state index in [4.69, 9.17) is 0 Å². The fraction of sp³-hybridized carbons (Fsp3) is 0.125. The highest BCUT2D eigenvalue weighted by molar-refractivity contribution is 7.93. The molecule has 4 rings (SSSR count). The average Bonchev–Trinajstić information content (AvgIpc) is 3.10. The first-order chi connectivity index (χ1) is 14.4. The summed E-state index contributed by atoms with van der Waals surface area (Å²) in [6.45, 7) is 5.65. The van der Waals surface area contributed by atoms with Crippen LogP contribution in [-0.2, 0) is 10.0 Å². The van der Waals surface area contributed by atoms with Crippen LogP contribution in [0.2, 0.25) is 0 Å². The predicted octanol–water partition coefficient (Wildman–Crippen LogP) is 4.86. The number of carbonyl (C=O) groups is 1. The first-order valence-electron chi connectivity index (χ1n) is 9.47. The van der Waals surface area contributed by atoms with Crippen molar-refractivity contribution in [3.63, 3.8) is 0 Å². The Bertz CT molecular complexity index is 1220. The van der Waals surface area contributed by atoms with Crippen molar-refractivity contribution in [2.24, 2.45) is 0 Å². The van der Waals surface area contributed by atoms with Crippen molar-refractivity contribution in [1.82, 2.24) is 0 Å². The van der Waals surface area contributed by atoms with Crippen LogP contribution >= 0.6 is 0 Å². The fourth-order valence-corrected chi connectivity index (χ4v) is 5.55. The van der Waals surface area contributed by atoms with E-state index in [1.165, 1.54) is 30.3 Å². The smallest absolute Gasteiger partial charge is 0.265 e. The molecule has 0 radical (unpaired) electrons. The second-order valence-corrected chi connectivity index (χ2v) is 9.04. The van der Waals surface area contributed by atoms with Crippen LogP contribution in [0, 0.1) is 12.7 Å². The number of nitrogens with zero attached hydrogens (tertiary/aromatic N) is 1. The van der Waals surface area contributed by atoms with E-state index in [2.05, 4.69) is 6.58 Å². The van der Waals surface area contributed by atoms with Crippen molar-refractivity contribution in [2.75, 3.05) is 4.31 Å². The zero-order valence-corrected chi connectivity index (χ0v) is 17.1. The molecule has 0 amide bonds. The molecule has 0 fully saturated rings. The van der Waals surface area contributed by atoms with Gasteiger partial charge in [-0.3, -0.25) is 9.10 Å². The quantitative estimate of drug-likeness (QED) is 0.437. The van der Waals surface area contributed by atoms with Crippen LogP contribution in [-0.4, -0.2) is 20.2 Å². The summed E-state index contributed by atoms with van der Waals surface area (Å²) in [5.41, 5.74) is 1.57. The maximum Gasteiger partial charge on any atom is 0.265 e. The third kappa shape index (κ3) is 3.13. The number of rotatable bonds is 5. The van der Waals surface area contributed by atoms with E-state index >= 15 is 0 Å². The van der Waals surface area contributed by atoms with Gasteiger partial charge < -0.3 is 0 Å². The lowest BCUT2D eigenvalue weighted by Crippen LogP contribution is -2.44. The molecule has 0 aliphatic carbocycles. The molecule has 1 aliphatic heterocycles. The van der Waals surface area contributed by atoms with E-state index in [1.807, 2.05) is 6.92 Å². The van der Waals surface area contributed by atoms with Crippen molar-refractivity contribution in [1.29, 1.82) is 0 Å². The maximum atomic E-state index is 14.9. The number of aryl methyl sites for hydroxylation is 1. The molecule has 0 saturated heterocycles. The molecule has 4 nitrogen and oxygen atoms in total. The topological polar surface area (TPSA) is 54.5 Å². The van der Waals surface area contributed by atoms with Crippen LogP contribution in [0.3, 0.4) is 0 Å². The summed E-state index contributed by atoms with van der Waals surface area (Å²) in [6, 6.07) is 17.9. The number of halogens is 1. The van der Waals surface area contributed by atoms with Crippen LogP contribution < -0.4 is 4.31 Å². The SMILES string of the molecule is C=CC1c2cccc(F)c2N(S(=O)(=O)c2ccc(C)cc2)C1C(=O)c1ccccc1. The number of benzene rings is 3. The molecule has 2 atom stereocenters. The average molecular weight is 421 g/mol. The minimum absolute atomic E-state index is 0.00197. The molecule has 0 saturated carbocycles. The third-order valence-corrected chi connectivity index (χ3v) is 7.14. The summed E-state index contributed by atoms with van der Waals surface area (Å²) >= 11 is 0. The summed E-state index contributed by atoms with van der Waals surface area (Å²) < 4.78 is 43.2. The van der Waals surface area contributed by atoms with Crippen molar-refractivity contribution in [3.8, 4) is 0 Å². The van der Waals surface area contributed by atoms with Crippen molar-refractivity contribution in [3.05, 3.63) is 108 Å². The van der Waals surface area contributed by atoms with Crippen LogP contribution in [0.15, 0.2) is 90.3 Å². The van der Waals surface area contributed by atoms with E-state index in [-0.39, 0.29) is 10.6 Å². The molecule has 3 aromatic carbocycles. The molecule has 152 valence electrons. The lowest BCUT2D eigenvalue weighted by molar-refractivity contribution is 0.0960. The van der Waals surface area contributed by atoms with Gasteiger partial charge in [-0.25, -0.2) is 12.8 Å².